The number of hydrogen-bond acceptors (Lipinski definition) is 1. The minimum absolute atomic E-state index is 0.188. The fourth-order valence-corrected chi connectivity index (χ4v) is 2.38. The van der Waals surface area contributed by atoms with Gasteiger partial charge in [0, 0.05) is 0 Å². The minimum atomic E-state index is 0.188. The third-order valence-electron chi connectivity index (χ3n) is 4.32. The van der Waals surface area contributed by atoms with Crippen LogP contribution in [0.25, 0.3) is 0 Å². The molecule has 86 valence electrons. The first kappa shape index (κ1) is 14.1. The molecule has 0 unspecified atom stereocenters. The summed E-state index contributed by atoms with van der Waals surface area (Å²) in [6.45, 7) is 16.8. The molecule has 0 atom stereocenters. The molecule has 0 aromatic rings. The van der Waals surface area contributed by atoms with Gasteiger partial charge in [0.2, 0.25) is 0 Å². The summed E-state index contributed by atoms with van der Waals surface area (Å²) in [5, 5.41) is 3.64. The third-order valence-corrected chi connectivity index (χ3v) is 4.32. The average Bonchev–Trinajstić information content (AvgIpc) is 2.31. The molecule has 0 aromatic heterocycles. The summed E-state index contributed by atoms with van der Waals surface area (Å²) in [5.74, 6) is 0. The summed E-state index contributed by atoms with van der Waals surface area (Å²) in [6, 6.07) is 0. The number of nitrogens with one attached hydrogen (secondary N) is 1. The van der Waals surface area contributed by atoms with Crippen molar-refractivity contribution in [2.45, 2.75) is 58.1 Å². The molecule has 1 rings (SSSR count). The number of allylic oxidation sites excluding steroid dienone is 2. The van der Waals surface area contributed by atoms with Crippen LogP contribution in [-0.2, 0) is 0 Å². The monoisotopic (exact) mass is 213 g/mol. The van der Waals surface area contributed by atoms with E-state index >= 15 is 0 Å². The van der Waals surface area contributed by atoms with E-state index in [1.807, 2.05) is 0 Å². The first-order valence-corrected chi connectivity index (χ1v) is 6.21. The standard InChI is InChI=1S/C14H24N.Li/c1-9-10(2)12(4)13(11(9)3)8-15-14(5,6)7;/h15H,8H2,1-7H3;. The normalized spacial score (nSPS) is 21.1. The molecule has 16 heavy (non-hydrogen) atoms. The Hall–Kier alpha value is 0.0374. The Kier molecular flexibility index (Phi) is 3.85. The topological polar surface area (TPSA) is 12.0 Å². The van der Waals surface area contributed by atoms with Gasteiger partial charge in [0.1, 0.15) is 0 Å². The van der Waals surface area contributed by atoms with Crippen molar-refractivity contribution in [3.8, 4) is 0 Å². The van der Waals surface area contributed by atoms with Crippen molar-refractivity contribution in [1.29, 1.82) is 0 Å². The van der Waals surface area contributed by atoms with Crippen molar-refractivity contribution in [3.63, 3.8) is 0 Å². The number of hydrogen-bond donors (Lipinski definition) is 1. The van der Waals surface area contributed by atoms with Gasteiger partial charge in [-0.25, -0.2) is 0 Å². The van der Waals surface area contributed by atoms with Crippen LogP contribution in [0, 0.1) is 0 Å². The van der Waals surface area contributed by atoms with E-state index in [9.17, 15) is 0 Å². The summed E-state index contributed by atoms with van der Waals surface area (Å²) in [6.07, 6.45) is 0. The van der Waals surface area contributed by atoms with Crippen LogP contribution in [0.5, 0.6) is 0 Å². The third kappa shape index (κ3) is 2.48. The fourth-order valence-electron chi connectivity index (χ4n) is 2.38. The molecule has 0 amide bonds. The molecule has 0 radical (unpaired) electrons. The van der Waals surface area contributed by atoms with Gasteiger partial charge < -0.3 is 0 Å². The zero-order valence-electron chi connectivity index (χ0n) is 12.2. The van der Waals surface area contributed by atoms with Gasteiger partial charge in [0.25, 0.3) is 0 Å². The van der Waals surface area contributed by atoms with Gasteiger partial charge in [-0.05, 0) is 0 Å². The maximum atomic E-state index is 3.64. The van der Waals surface area contributed by atoms with E-state index in [1.54, 1.807) is 0 Å². The van der Waals surface area contributed by atoms with E-state index in [0.29, 0.717) is 0 Å². The van der Waals surface area contributed by atoms with Crippen LogP contribution in [-0.4, -0.2) is 29.8 Å². The Balaban J connectivity index is 2.95. The zero-order valence-corrected chi connectivity index (χ0v) is 12.2. The SMILES string of the molecule is [Li][C]1(CNC(C)(C)C)C(C)=C(C)C(C)=C1C. The molecular formula is C14H24LiN. The summed E-state index contributed by atoms with van der Waals surface area (Å²) in [7, 11) is 0. The van der Waals surface area contributed by atoms with Crippen molar-refractivity contribution in [2.75, 3.05) is 6.54 Å². The van der Waals surface area contributed by atoms with Gasteiger partial charge in [-0.15, -0.1) is 0 Å². The second kappa shape index (κ2) is 4.37. The van der Waals surface area contributed by atoms with Crippen molar-refractivity contribution in [1.82, 2.24) is 5.32 Å². The molecule has 0 spiro atoms. The molecule has 1 nitrogen and oxygen atoms in total. The quantitative estimate of drug-likeness (QED) is 0.693. The first-order chi connectivity index (χ1) is 7.09. The summed E-state index contributed by atoms with van der Waals surface area (Å²) in [5.41, 5.74) is 6.21. The Morgan fingerprint density at radius 2 is 1.38 bits per heavy atom. The van der Waals surface area contributed by atoms with Gasteiger partial charge in [-0.3, -0.25) is 0 Å². The van der Waals surface area contributed by atoms with Crippen molar-refractivity contribution in [3.05, 3.63) is 22.3 Å². The Morgan fingerprint density at radius 1 is 1.00 bits per heavy atom. The molecule has 0 saturated carbocycles. The molecule has 1 N–H and O–H groups in total. The Labute approximate surface area is 110 Å². The summed E-state index contributed by atoms with van der Waals surface area (Å²) in [4.78, 5) is 0. The van der Waals surface area contributed by atoms with Gasteiger partial charge >= 0.3 is 110 Å². The molecule has 0 saturated heterocycles. The van der Waals surface area contributed by atoms with Gasteiger partial charge in [0.05, 0.1) is 0 Å². The van der Waals surface area contributed by atoms with Crippen LogP contribution in [0.1, 0.15) is 48.5 Å². The molecule has 1 aliphatic carbocycles. The second-order valence-corrected chi connectivity index (χ2v) is 6.44. The molecule has 2 heteroatoms. The Bertz CT molecular complexity index is 331. The van der Waals surface area contributed by atoms with Crippen molar-refractivity contribution in [2.24, 2.45) is 0 Å². The summed E-state index contributed by atoms with van der Waals surface area (Å²) < 4.78 is 0.210. The predicted molar refractivity (Wildman–Crippen MR) is 73.0 cm³/mol. The molecule has 1 aliphatic rings. The van der Waals surface area contributed by atoms with Gasteiger partial charge in [-0.1, -0.05) is 0 Å². The maximum absolute atomic E-state index is 3.64. The van der Waals surface area contributed by atoms with Crippen LogP contribution in [0.15, 0.2) is 22.3 Å². The van der Waals surface area contributed by atoms with E-state index in [2.05, 4.69) is 71.5 Å². The molecule has 0 fully saturated rings. The molecule has 0 heterocycles. The van der Waals surface area contributed by atoms with Gasteiger partial charge in [0.15, 0.2) is 0 Å². The summed E-state index contributed by atoms with van der Waals surface area (Å²) >= 11 is 2.36. The van der Waals surface area contributed by atoms with Crippen molar-refractivity contribution >= 4 is 17.7 Å². The van der Waals surface area contributed by atoms with Crippen LogP contribution < -0.4 is 5.32 Å². The van der Waals surface area contributed by atoms with Crippen LogP contribution in [0.3, 0.4) is 0 Å². The van der Waals surface area contributed by atoms with E-state index in [4.69, 9.17) is 0 Å². The van der Waals surface area contributed by atoms with Crippen molar-refractivity contribution < 1.29 is 0 Å². The van der Waals surface area contributed by atoms with E-state index < -0.39 is 0 Å². The molecule has 0 aromatic carbocycles. The first-order valence-electron chi connectivity index (χ1n) is 6.21. The van der Waals surface area contributed by atoms with Crippen LogP contribution in [0.4, 0.5) is 0 Å². The van der Waals surface area contributed by atoms with Gasteiger partial charge in [-0.2, -0.15) is 0 Å². The van der Waals surface area contributed by atoms with E-state index in [-0.39, 0.29) is 9.63 Å². The van der Waals surface area contributed by atoms with E-state index in [0.717, 1.165) is 6.54 Å². The van der Waals surface area contributed by atoms with Crippen LogP contribution >= 0.6 is 0 Å². The fraction of sp³-hybridized carbons (Fsp3) is 0.714. The molecular weight excluding hydrogens is 189 g/mol. The number of rotatable bonds is 2. The van der Waals surface area contributed by atoms with Crippen LogP contribution in [0.2, 0.25) is 4.09 Å². The molecule has 0 aliphatic heterocycles. The Morgan fingerprint density at radius 3 is 1.69 bits per heavy atom. The molecule has 0 bridgehead atoms. The zero-order chi connectivity index (χ0) is 12.7. The average molecular weight is 213 g/mol. The second-order valence-electron chi connectivity index (χ2n) is 6.44. The van der Waals surface area contributed by atoms with E-state index in [1.165, 1.54) is 22.3 Å². The predicted octanol–water partition coefficient (Wildman–Crippen LogP) is 3.39.